The number of amides is 12. The maximum Gasteiger partial charge on any atom is 0.326 e. The first-order valence-corrected chi connectivity index (χ1v) is 28.9. The van der Waals surface area contributed by atoms with E-state index in [0.29, 0.717) is 19.3 Å². The fourth-order valence-corrected chi connectivity index (χ4v) is 9.66. The molecule has 2 aliphatic heterocycles. The molecule has 12 amide bonds. The molecular weight excluding hydrogens is 1130 g/mol. The SMILES string of the molecule is CC(C)C[C@H](NC(=O)[C@@H]1CCCN1C(=O)[C@@H](NC(=O)[C@@H]1CCCN1C(=O)[C@H](CCC(=O)O)NC(=O)[C@H](C)N)C(C)C)C(=O)N[C@H](C(=O)N[C@@H](CCCCN)C(=O)N[C@@H](CCC(N)=O)C(=O)N[C@@H](CC(=O)O)C(=O)N[C@@H](CCC(N)=O)C(=O)O)C(C)C. The molecule has 0 spiro atoms. The fourth-order valence-electron chi connectivity index (χ4n) is 9.66. The Hall–Kier alpha value is -8.03. The second-order valence-corrected chi connectivity index (χ2v) is 22.8. The van der Waals surface area contributed by atoms with Gasteiger partial charge in [0.05, 0.1) is 12.5 Å². The number of hydrogen-bond donors (Lipinski definition) is 15. The highest BCUT2D eigenvalue weighted by Crippen LogP contribution is 2.24. The van der Waals surface area contributed by atoms with E-state index in [2.05, 4.69) is 37.2 Å². The predicted molar refractivity (Wildman–Crippen MR) is 304 cm³/mol. The minimum atomic E-state index is -1.96. The number of primary amides is 2. The summed E-state index contributed by atoms with van der Waals surface area (Å²) >= 11 is 0. The number of rotatable bonds is 38. The number of nitrogens with zero attached hydrogens (tertiary/aromatic N) is 2. The zero-order valence-corrected chi connectivity index (χ0v) is 50.0. The lowest BCUT2D eigenvalue weighted by atomic mass is 9.98. The van der Waals surface area contributed by atoms with Gasteiger partial charge in [0.15, 0.2) is 0 Å². The fraction of sp³-hybridized carbons (Fsp3) is 0.722. The molecule has 0 aliphatic carbocycles. The van der Waals surface area contributed by atoms with Crippen LogP contribution in [0.5, 0.6) is 0 Å². The normalized spacial score (nSPS) is 18.0. The third-order valence-electron chi connectivity index (χ3n) is 14.4. The van der Waals surface area contributed by atoms with Crippen LogP contribution in [0.25, 0.3) is 0 Å². The van der Waals surface area contributed by atoms with Crippen LogP contribution in [0.1, 0.15) is 145 Å². The van der Waals surface area contributed by atoms with Crippen molar-refractivity contribution >= 4 is 88.8 Å². The number of aliphatic carboxylic acids is 3. The van der Waals surface area contributed by atoms with Crippen molar-refractivity contribution in [2.75, 3.05) is 19.6 Å². The van der Waals surface area contributed by atoms with Gasteiger partial charge >= 0.3 is 17.9 Å². The molecule has 2 fully saturated rings. The first-order chi connectivity index (χ1) is 40.2. The third kappa shape index (κ3) is 24.5. The molecule has 19 N–H and O–H groups in total. The molecule has 0 aromatic carbocycles. The highest BCUT2D eigenvalue weighted by atomic mass is 16.4. The number of nitrogens with one attached hydrogen (secondary N) is 8. The molecule has 0 unspecified atom stereocenters. The number of carbonyl (C=O) groups is 15. The van der Waals surface area contributed by atoms with Crippen LogP contribution in [0.4, 0.5) is 0 Å². The van der Waals surface area contributed by atoms with Gasteiger partial charge in [-0.05, 0) is 102 Å². The van der Waals surface area contributed by atoms with Gasteiger partial charge in [0.1, 0.15) is 60.4 Å². The number of hydrogen-bond acceptors (Lipinski definition) is 17. The second-order valence-electron chi connectivity index (χ2n) is 22.8. The van der Waals surface area contributed by atoms with Gasteiger partial charge in [0.25, 0.3) is 0 Å². The van der Waals surface area contributed by atoms with Gasteiger partial charge in [-0.2, -0.15) is 0 Å². The summed E-state index contributed by atoms with van der Waals surface area (Å²) in [5, 5.41) is 48.3. The maximum atomic E-state index is 14.4. The van der Waals surface area contributed by atoms with Crippen molar-refractivity contribution < 1.29 is 87.2 Å². The van der Waals surface area contributed by atoms with E-state index >= 15 is 0 Å². The van der Waals surface area contributed by atoms with Crippen LogP contribution in [0.15, 0.2) is 0 Å². The minimum absolute atomic E-state index is 0.0430. The molecule has 2 rings (SSSR count). The van der Waals surface area contributed by atoms with Crippen molar-refractivity contribution in [3.05, 3.63) is 0 Å². The molecule has 11 atom stereocenters. The molecular formula is C54H90N14O18. The van der Waals surface area contributed by atoms with E-state index in [1.54, 1.807) is 41.5 Å². The van der Waals surface area contributed by atoms with Crippen LogP contribution >= 0.6 is 0 Å². The van der Waals surface area contributed by atoms with Crippen LogP contribution in [-0.2, 0) is 71.9 Å². The number of carboxylic acids is 3. The summed E-state index contributed by atoms with van der Waals surface area (Å²) in [5.74, 6) is -16.3. The van der Waals surface area contributed by atoms with E-state index < -0.39 is 206 Å². The molecule has 32 nitrogen and oxygen atoms in total. The second kappa shape index (κ2) is 36.1. The van der Waals surface area contributed by atoms with Crippen molar-refractivity contribution in [2.24, 2.45) is 40.7 Å². The molecule has 0 saturated carbocycles. The average Bonchev–Trinajstić information content (AvgIpc) is 4.33. The van der Waals surface area contributed by atoms with Crippen LogP contribution in [0.2, 0.25) is 0 Å². The summed E-state index contributed by atoms with van der Waals surface area (Å²) in [4.78, 5) is 199. The van der Waals surface area contributed by atoms with E-state index in [1.165, 1.54) is 16.7 Å². The molecule has 0 bridgehead atoms. The average molecular weight is 1220 g/mol. The summed E-state index contributed by atoms with van der Waals surface area (Å²) < 4.78 is 0. The van der Waals surface area contributed by atoms with Gasteiger partial charge in [0, 0.05) is 32.4 Å². The van der Waals surface area contributed by atoms with E-state index in [9.17, 15) is 87.2 Å². The van der Waals surface area contributed by atoms with Crippen LogP contribution in [0.3, 0.4) is 0 Å². The van der Waals surface area contributed by atoms with Gasteiger partial charge in [-0.25, -0.2) is 4.79 Å². The Balaban J connectivity index is 2.37. The van der Waals surface area contributed by atoms with Crippen LogP contribution in [0, 0.1) is 17.8 Å². The van der Waals surface area contributed by atoms with Crippen molar-refractivity contribution in [1.82, 2.24) is 52.3 Å². The molecule has 2 heterocycles. The number of carboxylic acid groups (broad SMARTS) is 3. The highest BCUT2D eigenvalue weighted by Gasteiger charge is 2.44. The van der Waals surface area contributed by atoms with Crippen LogP contribution < -0.4 is 65.5 Å². The van der Waals surface area contributed by atoms with Gasteiger partial charge in [-0.15, -0.1) is 0 Å². The maximum absolute atomic E-state index is 14.4. The summed E-state index contributed by atoms with van der Waals surface area (Å²) in [6.45, 7) is 11.8. The molecule has 2 saturated heterocycles. The largest absolute Gasteiger partial charge is 0.481 e. The van der Waals surface area contributed by atoms with Crippen molar-refractivity contribution in [3.8, 4) is 0 Å². The molecule has 0 radical (unpaired) electrons. The van der Waals surface area contributed by atoms with Gasteiger partial charge < -0.3 is 90.6 Å². The molecule has 0 aromatic rings. The zero-order chi connectivity index (χ0) is 65.3. The van der Waals surface area contributed by atoms with Gasteiger partial charge in [-0.1, -0.05) is 41.5 Å². The van der Waals surface area contributed by atoms with Crippen molar-refractivity contribution in [2.45, 2.75) is 211 Å². The highest BCUT2D eigenvalue weighted by molar-refractivity contribution is 6.00. The lowest BCUT2D eigenvalue weighted by Crippen LogP contribution is -2.61. The van der Waals surface area contributed by atoms with E-state index in [-0.39, 0.29) is 64.1 Å². The van der Waals surface area contributed by atoms with Gasteiger partial charge in [-0.3, -0.25) is 67.1 Å². The Morgan fingerprint density at radius 1 is 0.465 bits per heavy atom. The number of nitrogens with two attached hydrogens (primary N) is 4. The lowest BCUT2D eigenvalue weighted by Gasteiger charge is -2.33. The summed E-state index contributed by atoms with van der Waals surface area (Å²) in [5.41, 5.74) is 21.9. The first kappa shape index (κ1) is 74.1. The topological polar surface area (TPSA) is 524 Å². The summed E-state index contributed by atoms with van der Waals surface area (Å²) in [6.07, 6.45) is -2.19. The Bertz CT molecular complexity index is 2460. The van der Waals surface area contributed by atoms with Crippen molar-refractivity contribution in [3.63, 3.8) is 0 Å². The molecule has 32 heteroatoms. The Morgan fingerprint density at radius 3 is 1.38 bits per heavy atom. The predicted octanol–water partition coefficient (Wildman–Crippen LogP) is -4.36. The monoisotopic (exact) mass is 1220 g/mol. The Labute approximate surface area is 498 Å². The van der Waals surface area contributed by atoms with E-state index in [0.717, 1.165) is 0 Å². The third-order valence-corrected chi connectivity index (χ3v) is 14.4. The Morgan fingerprint density at radius 2 is 0.907 bits per heavy atom. The van der Waals surface area contributed by atoms with E-state index in [1.807, 2.05) is 5.32 Å². The summed E-state index contributed by atoms with van der Waals surface area (Å²) in [6, 6.07) is -15.3. The smallest absolute Gasteiger partial charge is 0.326 e. The molecule has 484 valence electrons. The Kier molecular flexibility index (Phi) is 31.1. The summed E-state index contributed by atoms with van der Waals surface area (Å²) in [7, 11) is 0. The number of likely N-dealkylation sites (tertiary alicyclic amines) is 2. The number of carbonyl (C=O) groups excluding carboxylic acids is 12. The first-order valence-electron chi connectivity index (χ1n) is 28.9. The van der Waals surface area contributed by atoms with Gasteiger partial charge in [0.2, 0.25) is 70.9 Å². The molecule has 0 aromatic heterocycles. The lowest BCUT2D eigenvalue weighted by molar-refractivity contribution is -0.145. The molecule has 86 heavy (non-hydrogen) atoms. The molecule has 2 aliphatic rings. The quantitative estimate of drug-likeness (QED) is 0.0260. The zero-order valence-electron chi connectivity index (χ0n) is 50.0. The van der Waals surface area contributed by atoms with E-state index in [4.69, 9.17) is 22.9 Å². The standard InChI is InChI=1S/C54H90N14O18/c1-26(2)24-34(64-49(80)36-13-11-23-68(36)53(84)43(28(5)6)66-50(81)37-14-10-22-67(37)52(83)32(17-20-40(71)72)61-44(75)29(7)56)48(79)65-42(27(3)4)51(82)60-30(12-8-9-21-55)45(76)59-31(15-18-38(57)69)46(77)63-35(25-41(73)74)47(78)62-33(54(85)86)16-19-39(58)70/h26-37,42-43H,8-25,55-56H2,1-7H3,(H2,57,69)(H2,58,70)(H,59,76)(H,60,82)(H,61,75)(H,62,78)(H,63,77)(H,64,80)(H,65,79)(H,66,81)(H,71,72)(H,73,74)(H,85,86)/t29-,30-,31-,32-,33-,34-,35-,36-,37-,42-,43-/m0/s1. The minimum Gasteiger partial charge on any atom is -0.481 e. The van der Waals surface area contributed by atoms with Crippen LogP contribution in [-0.4, -0.2) is 200 Å². The number of unbranched alkanes of at least 4 members (excludes halogenated alkanes) is 1. The van der Waals surface area contributed by atoms with Crippen molar-refractivity contribution in [1.29, 1.82) is 0 Å².